The van der Waals surface area contributed by atoms with Crippen LogP contribution in [0, 0.1) is 0 Å². The molecule has 1 heterocycles. The number of unbranched alkanes of at least 4 members (excludes halogenated alkanes) is 1. The highest BCUT2D eigenvalue weighted by molar-refractivity contribution is 5.85. The maximum atomic E-state index is 5.70. The van der Waals surface area contributed by atoms with Gasteiger partial charge in [0.05, 0.1) is 6.61 Å². The maximum Gasteiger partial charge on any atom is 0.119 e. The van der Waals surface area contributed by atoms with Crippen molar-refractivity contribution in [2.45, 2.75) is 58.4 Å². The summed E-state index contributed by atoms with van der Waals surface area (Å²) in [4.78, 5) is 2.63. The van der Waals surface area contributed by atoms with E-state index < -0.39 is 0 Å². The number of aryl methyl sites for hydroxylation is 1. The molecule has 2 nitrogen and oxygen atoms in total. The molecule has 1 saturated heterocycles. The second-order valence-electron chi connectivity index (χ2n) is 5.98. The Labute approximate surface area is 136 Å². The van der Waals surface area contributed by atoms with Crippen molar-refractivity contribution < 1.29 is 4.74 Å². The van der Waals surface area contributed by atoms with Crippen molar-refractivity contribution >= 4 is 12.4 Å². The lowest BCUT2D eigenvalue weighted by Crippen LogP contribution is -2.30. The molecule has 0 saturated carbocycles. The molecule has 0 aromatic heterocycles. The predicted octanol–water partition coefficient (Wildman–Crippen LogP) is 4.70. The molecule has 1 atom stereocenters. The van der Waals surface area contributed by atoms with Gasteiger partial charge in [-0.2, -0.15) is 0 Å². The maximum absolute atomic E-state index is 5.70. The lowest BCUT2D eigenvalue weighted by Gasteiger charge is -2.23. The molecule has 1 fully saturated rings. The zero-order chi connectivity index (χ0) is 14.2. The van der Waals surface area contributed by atoms with Gasteiger partial charge in [0.15, 0.2) is 0 Å². The van der Waals surface area contributed by atoms with Crippen LogP contribution < -0.4 is 4.74 Å². The van der Waals surface area contributed by atoms with E-state index in [4.69, 9.17) is 4.74 Å². The van der Waals surface area contributed by atoms with E-state index in [9.17, 15) is 0 Å². The van der Waals surface area contributed by atoms with Crippen molar-refractivity contribution in [1.29, 1.82) is 0 Å². The van der Waals surface area contributed by atoms with Crippen LogP contribution in [-0.2, 0) is 6.42 Å². The lowest BCUT2D eigenvalue weighted by atomic mass is 10.1. The number of hydrogen-bond donors (Lipinski definition) is 0. The van der Waals surface area contributed by atoms with E-state index in [1.807, 2.05) is 0 Å². The molecule has 1 aromatic carbocycles. The Morgan fingerprint density at radius 1 is 1.14 bits per heavy atom. The van der Waals surface area contributed by atoms with E-state index in [0.29, 0.717) is 0 Å². The SMILES string of the molecule is CCCCOc1ccc(CCC(C)N2CCCC2)cc1.Cl. The molecule has 21 heavy (non-hydrogen) atoms. The predicted molar refractivity (Wildman–Crippen MR) is 92.7 cm³/mol. The minimum atomic E-state index is 0. The van der Waals surface area contributed by atoms with Gasteiger partial charge in [-0.05, 0) is 69.8 Å². The first kappa shape index (κ1) is 18.3. The van der Waals surface area contributed by atoms with E-state index in [-0.39, 0.29) is 12.4 Å². The highest BCUT2D eigenvalue weighted by Gasteiger charge is 2.17. The van der Waals surface area contributed by atoms with E-state index in [0.717, 1.165) is 24.8 Å². The summed E-state index contributed by atoms with van der Waals surface area (Å²) in [6.07, 6.45) is 7.52. The molecule has 1 unspecified atom stereocenters. The van der Waals surface area contributed by atoms with Crippen LogP contribution in [0.1, 0.15) is 51.5 Å². The summed E-state index contributed by atoms with van der Waals surface area (Å²) >= 11 is 0. The summed E-state index contributed by atoms with van der Waals surface area (Å²) in [5.74, 6) is 1.01. The summed E-state index contributed by atoms with van der Waals surface area (Å²) < 4.78 is 5.70. The fourth-order valence-electron chi connectivity index (χ4n) is 2.83. The molecule has 0 aliphatic carbocycles. The van der Waals surface area contributed by atoms with E-state index in [1.54, 1.807) is 0 Å². The van der Waals surface area contributed by atoms with Gasteiger partial charge in [-0.1, -0.05) is 25.5 Å². The molecule has 0 spiro atoms. The van der Waals surface area contributed by atoms with Crippen LogP contribution in [-0.4, -0.2) is 30.6 Å². The summed E-state index contributed by atoms with van der Waals surface area (Å²) in [7, 11) is 0. The average molecular weight is 312 g/mol. The Morgan fingerprint density at radius 3 is 2.43 bits per heavy atom. The Bertz CT molecular complexity index is 373. The summed E-state index contributed by atoms with van der Waals surface area (Å²) in [5, 5.41) is 0. The van der Waals surface area contributed by atoms with Crippen molar-refractivity contribution in [2.75, 3.05) is 19.7 Å². The first-order chi connectivity index (χ1) is 9.79. The van der Waals surface area contributed by atoms with E-state index in [2.05, 4.69) is 43.0 Å². The lowest BCUT2D eigenvalue weighted by molar-refractivity contribution is 0.247. The minimum absolute atomic E-state index is 0. The van der Waals surface area contributed by atoms with E-state index >= 15 is 0 Å². The molecule has 120 valence electrons. The van der Waals surface area contributed by atoms with Crippen molar-refractivity contribution in [3.8, 4) is 5.75 Å². The Hall–Kier alpha value is -0.730. The van der Waals surface area contributed by atoms with Gasteiger partial charge in [-0.15, -0.1) is 12.4 Å². The first-order valence-electron chi connectivity index (χ1n) is 8.25. The fraction of sp³-hybridized carbons (Fsp3) is 0.667. The molecule has 1 aliphatic heterocycles. The molecule has 0 bridgehead atoms. The van der Waals surface area contributed by atoms with Crippen LogP contribution in [0.25, 0.3) is 0 Å². The van der Waals surface area contributed by atoms with Crippen LogP contribution >= 0.6 is 12.4 Å². The Morgan fingerprint density at radius 2 is 1.81 bits per heavy atom. The van der Waals surface area contributed by atoms with Gasteiger partial charge in [0.2, 0.25) is 0 Å². The highest BCUT2D eigenvalue weighted by Crippen LogP contribution is 2.18. The molecule has 2 rings (SSSR count). The molecule has 1 aromatic rings. The van der Waals surface area contributed by atoms with Gasteiger partial charge in [0.25, 0.3) is 0 Å². The Kier molecular flexibility index (Phi) is 8.79. The zero-order valence-electron chi connectivity index (χ0n) is 13.5. The van der Waals surface area contributed by atoms with Crippen molar-refractivity contribution in [3.63, 3.8) is 0 Å². The highest BCUT2D eigenvalue weighted by atomic mass is 35.5. The van der Waals surface area contributed by atoms with Crippen molar-refractivity contribution in [2.24, 2.45) is 0 Å². The number of halogens is 1. The number of hydrogen-bond acceptors (Lipinski definition) is 2. The number of ether oxygens (including phenoxy) is 1. The fourth-order valence-corrected chi connectivity index (χ4v) is 2.83. The Balaban J connectivity index is 0.00000220. The molecular formula is C18H30ClNO. The zero-order valence-corrected chi connectivity index (χ0v) is 14.3. The number of rotatable bonds is 8. The monoisotopic (exact) mass is 311 g/mol. The third kappa shape index (κ3) is 6.27. The quantitative estimate of drug-likeness (QED) is 0.645. The van der Waals surface area contributed by atoms with Gasteiger partial charge >= 0.3 is 0 Å². The van der Waals surface area contributed by atoms with Crippen LogP contribution in [0.3, 0.4) is 0 Å². The smallest absolute Gasteiger partial charge is 0.119 e. The van der Waals surface area contributed by atoms with Gasteiger partial charge in [-0.25, -0.2) is 0 Å². The molecule has 1 aliphatic rings. The van der Waals surface area contributed by atoms with Crippen LogP contribution in [0.2, 0.25) is 0 Å². The van der Waals surface area contributed by atoms with Gasteiger partial charge in [0.1, 0.15) is 5.75 Å². The molecular weight excluding hydrogens is 282 g/mol. The molecule has 0 N–H and O–H groups in total. The normalized spacial score (nSPS) is 16.5. The molecule has 0 amide bonds. The second-order valence-corrected chi connectivity index (χ2v) is 5.98. The molecule has 0 radical (unpaired) electrons. The second kappa shape index (κ2) is 10.1. The van der Waals surface area contributed by atoms with Crippen LogP contribution in [0.4, 0.5) is 0 Å². The number of nitrogens with zero attached hydrogens (tertiary/aromatic N) is 1. The number of benzene rings is 1. The third-order valence-corrected chi connectivity index (χ3v) is 4.30. The average Bonchev–Trinajstić information content (AvgIpc) is 3.01. The van der Waals surface area contributed by atoms with Gasteiger partial charge in [-0.3, -0.25) is 0 Å². The van der Waals surface area contributed by atoms with Gasteiger partial charge in [0, 0.05) is 6.04 Å². The van der Waals surface area contributed by atoms with Crippen LogP contribution in [0.15, 0.2) is 24.3 Å². The molecule has 3 heteroatoms. The van der Waals surface area contributed by atoms with E-state index in [1.165, 1.54) is 50.8 Å². The van der Waals surface area contributed by atoms with Crippen molar-refractivity contribution in [1.82, 2.24) is 4.90 Å². The summed E-state index contributed by atoms with van der Waals surface area (Å²) in [6, 6.07) is 9.39. The largest absolute Gasteiger partial charge is 0.494 e. The van der Waals surface area contributed by atoms with Crippen molar-refractivity contribution in [3.05, 3.63) is 29.8 Å². The minimum Gasteiger partial charge on any atom is -0.494 e. The van der Waals surface area contributed by atoms with Gasteiger partial charge < -0.3 is 9.64 Å². The summed E-state index contributed by atoms with van der Waals surface area (Å²) in [5.41, 5.74) is 1.43. The summed E-state index contributed by atoms with van der Waals surface area (Å²) in [6.45, 7) is 7.99. The van der Waals surface area contributed by atoms with Crippen LogP contribution in [0.5, 0.6) is 5.75 Å². The number of likely N-dealkylation sites (tertiary alicyclic amines) is 1. The topological polar surface area (TPSA) is 12.5 Å². The standard InChI is InChI=1S/C18H29NO.ClH/c1-3-4-15-20-18-11-9-17(10-12-18)8-7-16(2)19-13-5-6-14-19;/h9-12,16H,3-8,13-15H2,1-2H3;1H. The first-order valence-corrected chi connectivity index (χ1v) is 8.25. The third-order valence-electron chi connectivity index (χ3n) is 4.30.